The molecule has 1 aliphatic rings. The summed E-state index contributed by atoms with van der Waals surface area (Å²) in [4.78, 5) is 6.54. The van der Waals surface area contributed by atoms with Gasteiger partial charge >= 0.3 is 0 Å². The quantitative estimate of drug-likeness (QED) is 0.877. The number of hydrogen-bond acceptors (Lipinski definition) is 4. The van der Waals surface area contributed by atoms with Crippen LogP contribution in [0, 0.1) is 6.92 Å². The zero-order chi connectivity index (χ0) is 13.2. The van der Waals surface area contributed by atoms with Crippen LogP contribution in [0.3, 0.4) is 0 Å². The molecule has 2 rings (SSSR count). The van der Waals surface area contributed by atoms with E-state index in [4.69, 9.17) is 10.5 Å². The minimum absolute atomic E-state index is 0.159. The van der Waals surface area contributed by atoms with Crippen LogP contribution >= 0.6 is 0 Å². The predicted molar refractivity (Wildman–Crippen MR) is 73.6 cm³/mol. The number of guanidine groups is 1. The maximum Gasteiger partial charge on any atom is 0.192 e. The van der Waals surface area contributed by atoms with Gasteiger partial charge in [0.05, 0.1) is 18.7 Å². The molecule has 1 atom stereocenters. The van der Waals surface area contributed by atoms with E-state index in [-0.39, 0.29) is 5.54 Å². The van der Waals surface area contributed by atoms with Crippen LogP contribution in [0.25, 0.3) is 0 Å². The zero-order valence-corrected chi connectivity index (χ0v) is 11.3. The lowest BCUT2D eigenvalue weighted by atomic mass is 9.88. The molecule has 1 unspecified atom stereocenters. The van der Waals surface area contributed by atoms with Crippen molar-refractivity contribution in [3.05, 3.63) is 35.4 Å². The first-order chi connectivity index (χ1) is 8.59. The first kappa shape index (κ1) is 12.9. The number of aryl methyl sites for hydroxylation is 1. The summed E-state index contributed by atoms with van der Waals surface area (Å²) in [6.45, 7) is 6.43. The molecular formula is C14H21N3O. The summed E-state index contributed by atoms with van der Waals surface area (Å²) >= 11 is 0. The van der Waals surface area contributed by atoms with Gasteiger partial charge in [0.25, 0.3) is 0 Å². The van der Waals surface area contributed by atoms with Crippen molar-refractivity contribution in [2.45, 2.75) is 19.4 Å². The van der Waals surface area contributed by atoms with Crippen molar-refractivity contribution in [2.24, 2.45) is 10.7 Å². The Kier molecular flexibility index (Phi) is 3.57. The van der Waals surface area contributed by atoms with Gasteiger partial charge in [-0.25, -0.2) is 0 Å². The van der Waals surface area contributed by atoms with Gasteiger partial charge in [0, 0.05) is 13.7 Å². The summed E-state index contributed by atoms with van der Waals surface area (Å²) in [5.41, 5.74) is 8.40. The summed E-state index contributed by atoms with van der Waals surface area (Å²) < 4.78 is 5.16. The Morgan fingerprint density at radius 1 is 1.44 bits per heavy atom. The van der Waals surface area contributed by atoms with Crippen LogP contribution in [-0.4, -0.2) is 37.7 Å². The fourth-order valence-electron chi connectivity index (χ4n) is 2.61. The third-order valence-corrected chi connectivity index (χ3v) is 3.67. The molecular weight excluding hydrogens is 226 g/mol. The minimum atomic E-state index is -0.159. The van der Waals surface area contributed by atoms with Gasteiger partial charge in [-0.3, -0.25) is 4.99 Å². The van der Waals surface area contributed by atoms with E-state index in [0.29, 0.717) is 19.1 Å². The molecule has 0 saturated carbocycles. The molecule has 0 radical (unpaired) electrons. The molecule has 0 bridgehead atoms. The number of rotatable bonds is 4. The molecule has 4 nitrogen and oxygen atoms in total. The van der Waals surface area contributed by atoms with Crippen LogP contribution in [-0.2, 0) is 10.3 Å². The molecule has 0 fully saturated rings. The van der Waals surface area contributed by atoms with E-state index >= 15 is 0 Å². The van der Waals surface area contributed by atoms with Crippen LogP contribution in [0.1, 0.15) is 18.1 Å². The fourth-order valence-corrected chi connectivity index (χ4v) is 2.61. The Labute approximate surface area is 108 Å². The monoisotopic (exact) mass is 247 g/mol. The van der Waals surface area contributed by atoms with Crippen LogP contribution < -0.4 is 5.73 Å². The second-order valence-corrected chi connectivity index (χ2v) is 4.91. The maximum absolute atomic E-state index is 6.00. The zero-order valence-electron chi connectivity index (χ0n) is 11.3. The van der Waals surface area contributed by atoms with Gasteiger partial charge in [-0.15, -0.1) is 0 Å². The standard InChI is InChI=1S/C14H21N3O/c1-11-6-4-5-7-12(11)14(2)10-16-13(15)17(14)8-9-18-3/h4-7H,8-10H2,1-3H3,(H2,15,16). The van der Waals surface area contributed by atoms with Crippen molar-refractivity contribution in [1.29, 1.82) is 0 Å². The highest BCUT2D eigenvalue weighted by Crippen LogP contribution is 2.34. The molecule has 0 saturated heterocycles. The second-order valence-electron chi connectivity index (χ2n) is 4.91. The summed E-state index contributed by atoms with van der Waals surface area (Å²) in [6.07, 6.45) is 0. The molecule has 1 aliphatic heterocycles. The Bertz CT molecular complexity index is 458. The number of hydrogen-bond donors (Lipinski definition) is 1. The van der Waals surface area contributed by atoms with Crippen LogP contribution in [0.5, 0.6) is 0 Å². The highest BCUT2D eigenvalue weighted by Gasteiger charge is 2.39. The summed E-state index contributed by atoms with van der Waals surface area (Å²) in [7, 11) is 1.70. The Hall–Kier alpha value is -1.55. The van der Waals surface area contributed by atoms with E-state index < -0.39 is 0 Å². The van der Waals surface area contributed by atoms with E-state index in [1.54, 1.807) is 7.11 Å². The Balaban J connectivity index is 2.32. The van der Waals surface area contributed by atoms with E-state index in [1.807, 2.05) is 0 Å². The lowest BCUT2D eigenvalue weighted by Gasteiger charge is -2.37. The van der Waals surface area contributed by atoms with Gasteiger partial charge in [-0.1, -0.05) is 24.3 Å². The number of aliphatic imine (C=N–C) groups is 1. The molecule has 0 aliphatic carbocycles. The highest BCUT2D eigenvalue weighted by molar-refractivity contribution is 5.81. The van der Waals surface area contributed by atoms with Crippen LogP contribution in [0.15, 0.2) is 29.3 Å². The fraction of sp³-hybridized carbons (Fsp3) is 0.500. The van der Waals surface area contributed by atoms with Crippen molar-refractivity contribution in [3.8, 4) is 0 Å². The third kappa shape index (κ3) is 2.08. The molecule has 0 spiro atoms. The van der Waals surface area contributed by atoms with Gasteiger partial charge in [-0.05, 0) is 25.0 Å². The van der Waals surface area contributed by atoms with Gasteiger partial charge in [0.15, 0.2) is 5.96 Å². The topological polar surface area (TPSA) is 50.9 Å². The molecule has 18 heavy (non-hydrogen) atoms. The molecule has 4 heteroatoms. The van der Waals surface area contributed by atoms with Crippen molar-refractivity contribution in [1.82, 2.24) is 4.90 Å². The van der Waals surface area contributed by atoms with Crippen LogP contribution in [0.4, 0.5) is 0 Å². The number of benzene rings is 1. The van der Waals surface area contributed by atoms with E-state index in [0.717, 1.165) is 6.54 Å². The van der Waals surface area contributed by atoms with Gasteiger partial charge in [-0.2, -0.15) is 0 Å². The highest BCUT2D eigenvalue weighted by atomic mass is 16.5. The van der Waals surface area contributed by atoms with Gasteiger partial charge in [0.2, 0.25) is 0 Å². The summed E-state index contributed by atoms with van der Waals surface area (Å²) in [5.74, 6) is 0.609. The van der Waals surface area contributed by atoms with Crippen molar-refractivity contribution in [3.63, 3.8) is 0 Å². The second kappa shape index (κ2) is 4.98. The smallest absolute Gasteiger partial charge is 0.192 e. The molecule has 2 N–H and O–H groups in total. The van der Waals surface area contributed by atoms with E-state index in [1.165, 1.54) is 11.1 Å². The molecule has 98 valence electrons. The molecule has 1 aromatic rings. The predicted octanol–water partition coefficient (Wildman–Crippen LogP) is 1.49. The summed E-state index contributed by atoms with van der Waals surface area (Å²) in [5, 5.41) is 0. The van der Waals surface area contributed by atoms with Crippen molar-refractivity contribution in [2.75, 3.05) is 26.8 Å². The lowest BCUT2D eigenvalue weighted by Crippen LogP contribution is -2.49. The number of methoxy groups -OCH3 is 1. The Morgan fingerprint density at radius 2 is 2.17 bits per heavy atom. The molecule has 1 aromatic carbocycles. The average molecular weight is 247 g/mol. The maximum atomic E-state index is 6.00. The normalized spacial score (nSPS) is 23.3. The first-order valence-corrected chi connectivity index (χ1v) is 6.22. The number of nitrogens with two attached hydrogens (primary N) is 1. The van der Waals surface area contributed by atoms with Crippen molar-refractivity contribution >= 4 is 5.96 Å². The third-order valence-electron chi connectivity index (χ3n) is 3.67. The molecule has 1 heterocycles. The minimum Gasteiger partial charge on any atom is -0.383 e. The SMILES string of the molecule is COCCN1C(N)=NCC1(C)c1ccccc1C. The lowest BCUT2D eigenvalue weighted by molar-refractivity contribution is 0.136. The van der Waals surface area contributed by atoms with Gasteiger partial charge < -0.3 is 15.4 Å². The van der Waals surface area contributed by atoms with Gasteiger partial charge in [0.1, 0.15) is 0 Å². The van der Waals surface area contributed by atoms with Crippen LogP contribution in [0.2, 0.25) is 0 Å². The molecule has 0 aromatic heterocycles. The average Bonchev–Trinajstić information content (AvgIpc) is 2.64. The van der Waals surface area contributed by atoms with Crippen molar-refractivity contribution < 1.29 is 4.74 Å². The molecule has 0 amide bonds. The first-order valence-electron chi connectivity index (χ1n) is 6.22. The largest absolute Gasteiger partial charge is 0.383 e. The van der Waals surface area contributed by atoms with E-state index in [9.17, 15) is 0 Å². The Morgan fingerprint density at radius 3 is 2.83 bits per heavy atom. The number of nitrogens with zero attached hydrogens (tertiary/aromatic N) is 2. The number of ether oxygens (including phenoxy) is 1. The van der Waals surface area contributed by atoms with E-state index in [2.05, 4.69) is 48.0 Å². The summed E-state index contributed by atoms with van der Waals surface area (Å²) in [6, 6.07) is 8.41.